The molecule has 3 aliphatic carbocycles. The van der Waals surface area contributed by atoms with E-state index in [1.165, 1.54) is 24.3 Å². The van der Waals surface area contributed by atoms with Crippen LogP contribution in [0.3, 0.4) is 0 Å². The van der Waals surface area contributed by atoms with E-state index in [9.17, 15) is 22.8 Å². The van der Waals surface area contributed by atoms with Crippen LogP contribution in [-0.2, 0) is 11.3 Å². The number of carboxylic acids is 1. The van der Waals surface area contributed by atoms with Gasteiger partial charge in [-0.15, -0.1) is 13.2 Å². The third-order valence-corrected chi connectivity index (χ3v) is 7.34. The first kappa shape index (κ1) is 22.2. The third kappa shape index (κ3) is 3.66. The summed E-state index contributed by atoms with van der Waals surface area (Å²) < 4.78 is 42.7. The Morgan fingerprint density at radius 3 is 2.53 bits per heavy atom. The minimum atomic E-state index is -4.76. The van der Waals surface area contributed by atoms with Gasteiger partial charge in [0.1, 0.15) is 5.75 Å². The molecule has 1 amide bonds. The first-order valence-electron chi connectivity index (χ1n) is 10.8. The minimum absolute atomic E-state index is 0.0848. The molecular formula is C24H22F3N3O4. The highest BCUT2D eigenvalue weighted by Gasteiger charge is 2.74. The number of carbonyl (C=O) groups is 2. The van der Waals surface area contributed by atoms with Crippen LogP contribution in [0.4, 0.5) is 13.2 Å². The van der Waals surface area contributed by atoms with Crippen LogP contribution in [0.5, 0.6) is 5.75 Å². The van der Waals surface area contributed by atoms with Gasteiger partial charge in [-0.05, 0) is 47.9 Å². The number of rotatable bonds is 7. The Morgan fingerprint density at radius 1 is 1.21 bits per heavy atom. The number of carboxylic acid groups (broad SMARTS) is 1. The summed E-state index contributed by atoms with van der Waals surface area (Å²) in [5, 5.41) is 17.4. The maximum Gasteiger partial charge on any atom is 0.573 e. The molecule has 1 heterocycles. The fourth-order valence-corrected chi connectivity index (χ4v) is 5.63. The molecule has 6 rings (SSSR count). The Bertz CT molecular complexity index is 1280. The van der Waals surface area contributed by atoms with E-state index in [0.29, 0.717) is 29.5 Å². The lowest BCUT2D eigenvalue weighted by molar-refractivity contribution is -0.274. The van der Waals surface area contributed by atoms with Gasteiger partial charge >= 0.3 is 12.3 Å². The third-order valence-electron chi connectivity index (χ3n) is 7.34. The number of para-hydroxylation sites is 1. The van der Waals surface area contributed by atoms with E-state index >= 15 is 0 Å². The highest BCUT2D eigenvalue weighted by Crippen LogP contribution is 2.72. The molecule has 2 N–H and O–H groups in total. The Kier molecular flexibility index (Phi) is 4.89. The first-order valence-corrected chi connectivity index (χ1v) is 10.8. The smallest absolute Gasteiger partial charge is 0.481 e. The monoisotopic (exact) mass is 473 g/mol. The van der Waals surface area contributed by atoms with E-state index in [-0.39, 0.29) is 41.5 Å². The van der Waals surface area contributed by atoms with Crippen LogP contribution in [0.15, 0.2) is 48.7 Å². The van der Waals surface area contributed by atoms with Crippen molar-refractivity contribution >= 4 is 22.8 Å². The molecule has 0 unspecified atom stereocenters. The zero-order valence-corrected chi connectivity index (χ0v) is 18.2. The van der Waals surface area contributed by atoms with E-state index in [0.717, 1.165) is 5.39 Å². The van der Waals surface area contributed by atoms with Crippen molar-refractivity contribution in [1.82, 2.24) is 15.1 Å². The fraction of sp³-hybridized carbons (Fsp3) is 0.375. The van der Waals surface area contributed by atoms with Gasteiger partial charge in [0.25, 0.3) is 5.91 Å². The van der Waals surface area contributed by atoms with E-state index in [4.69, 9.17) is 5.11 Å². The molecule has 0 aliphatic heterocycles. The van der Waals surface area contributed by atoms with Crippen LogP contribution >= 0.6 is 0 Å². The maximum atomic E-state index is 13.3. The molecule has 1 aromatic heterocycles. The number of nitrogens with one attached hydrogen (secondary N) is 1. The van der Waals surface area contributed by atoms with Crippen LogP contribution in [0.25, 0.3) is 10.9 Å². The summed E-state index contributed by atoms with van der Waals surface area (Å²) in [6.07, 6.45) is -1.70. The number of benzene rings is 2. The summed E-state index contributed by atoms with van der Waals surface area (Å²) >= 11 is 0. The van der Waals surface area contributed by atoms with Crippen LogP contribution in [0.1, 0.15) is 42.1 Å². The number of hydrogen-bond acceptors (Lipinski definition) is 4. The zero-order valence-electron chi connectivity index (χ0n) is 18.2. The van der Waals surface area contributed by atoms with Gasteiger partial charge < -0.3 is 15.2 Å². The van der Waals surface area contributed by atoms with Gasteiger partial charge in [0, 0.05) is 10.9 Å². The molecule has 178 valence electrons. The minimum Gasteiger partial charge on any atom is -0.481 e. The molecule has 10 heteroatoms. The Morgan fingerprint density at radius 2 is 1.91 bits per heavy atom. The highest BCUT2D eigenvalue weighted by atomic mass is 19.4. The molecular weight excluding hydrogens is 451 g/mol. The number of hydrogen-bond donors (Lipinski definition) is 2. The average Bonchev–Trinajstić information content (AvgIpc) is 3.15. The van der Waals surface area contributed by atoms with Gasteiger partial charge in [-0.2, -0.15) is 5.10 Å². The summed E-state index contributed by atoms with van der Waals surface area (Å²) in [6.45, 7) is 2.23. The molecule has 7 nitrogen and oxygen atoms in total. The van der Waals surface area contributed by atoms with Crippen molar-refractivity contribution in [2.45, 2.75) is 44.6 Å². The predicted octanol–water partition coefficient (Wildman–Crippen LogP) is 4.36. The molecule has 3 aliphatic rings. The van der Waals surface area contributed by atoms with E-state index in [2.05, 4.69) is 15.2 Å². The second-order valence-corrected chi connectivity index (χ2v) is 9.36. The maximum absolute atomic E-state index is 13.3. The van der Waals surface area contributed by atoms with E-state index in [1.807, 2.05) is 13.0 Å². The summed E-state index contributed by atoms with van der Waals surface area (Å²) in [5.41, 5.74) is 1.15. The SMILES string of the molecule is C[C@H]1C2(CC(=O)O)CC1(NC(=O)c1cccc3cnn(Cc4ccc(OC(F)(F)F)cc4)c13)C2. The van der Waals surface area contributed by atoms with Crippen LogP contribution in [-0.4, -0.2) is 38.7 Å². The first-order chi connectivity index (χ1) is 16.0. The van der Waals surface area contributed by atoms with Crippen LogP contribution in [0.2, 0.25) is 0 Å². The van der Waals surface area contributed by atoms with Gasteiger partial charge in [0.2, 0.25) is 0 Å². The molecule has 3 saturated carbocycles. The van der Waals surface area contributed by atoms with Gasteiger partial charge in [-0.25, -0.2) is 0 Å². The topological polar surface area (TPSA) is 93.5 Å². The lowest BCUT2D eigenvalue weighted by atomic mass is 9.32. The predicted molar refractivity (Wildman–Crippen MR) is 115 cm³/mol. The molecule has 2 aromatic carbocycles. The van der Waals surface area contributed by atoms with Gasteiger partial charge in [0.05, 0.1) is 30.2 Å². The number of aliphatic carboxylic acids is 1. The largest absolute Gasteiger partial charge is 0.573 e. The average molecular weight is 473 g/mol. The summed E-state index contributed by atoms with van der Waals surface area (Å²) in [7, 11) is 0. The summed E-state index contributed by atoms with van der Waals surface area (Å²) in [5.74, 6) is -1.30. The Balaban J connectivity index is 1.35. The van der Waals surface area contributed by atoms with Crippen molar-refractivity contribution in [2.75, 3.05) is 0 Å². The number of alkyl halides is 3. The highest BCUT2D eigenvalue weighted by molar-refractivity contribution is 6.06. The number of amides is 1. The fourth-order valence-electron chi connectivity index (χ4n) is 5.63. The number of carbonyl (C=O) groups excluding carboxylic acids is 1. The standard InChI is InChI=1S/C24H22F3N3O4/c1-14-22(9-19(31)32)12-23(14,13-22)29-21(33)18-4-2-3-16-10-28-30(20(16)18)11-15-5-7-17(8-6-15)34-24(25,26)27/h2-8,10,14H,9,11-13H2,1H3,(H,29,33)(H,31,32)/t14-,22?,23?/m0/s1. The lowest BCUT2D eigenvalue weighted by Gasteiger charge is -2.75. The van der Waals surface area contributed by atoms with Gasteiger partial charge in [0.15, 0.2) is 0 Å². The number of nitrogens with zero attached hydrogens (tertiary/aromatic N) is 2. The van der Waals surface area contributed by atoms with Crippen LogP contribution in [0, 0.1) is 11.3 Å². The molecule has 2 bridgehead atoms. The summed E-state index contributed by atoms with van der Waals surface area (Å²) in [4.78, 5) is 24.4. The number of halogens is 3. The quantitative estimate of drug-likeness (QED) is 0.532. The number of ether oxygens (including phenoxy) is 1. The van der Waals surface area contributed by atoms with Crippen molar-refractivity contribution in [3.63, 3.8) is 0 Å². The molecule has 1 atom stereocenters. The summed E-state index contributed by atoms with van der Waals surface area (Å²) in [6, 6.07) is 10.8. The van der Waals surface area contributed by atoms with E-state index in [1.54, 1.807) is 23.0 Å². The van der Waals surface area contributed by atoms with Crippen molar-refractivity contribution < 1.29 is 32.6 Å². The lowest BCUT2D eigenvalue weighted by Crippen LogP contribution is -2.81. The second kappa shape index (κ2) is 7.48. The molecule has 0 saturated heterocycles. The Labute approximate surface area is 192 Å². The molecule has 3 aromatic rings. The zero-order chi connectivity index (χ0) is 24.3. The molecule has 34 heavy (non-hydrogen) atoms. The van der Waals surface area contributed by atoms with Gasteiger partial charge in [-0.1, -0.05) is 31.2 Å². The van der Waals surface area contributed by atoms with Crippen molar-refractivity contribution in [2.24, 2.45) is 11.3 Å². The normalized spacial score (nSPS) is 25.4. The van der Waals surface area contributed by atoms with Crippen molar-refractivity contribution in [3.05, 3.63) is 59.8 Å². The van der Waals surface area contributed by atoms with E-state index < -0.39 is 12.3 Å². The molecule has 0 radical (unpaired) electrons. The number of aromatic nitrogens is 2. The Hall–Kier alpha value is -3.56. The van der Waals surface area contributed by atoms with Crippen molar-refractivity contribution in [3.8, 4) is 5.75 Å². The molecule has 0 spiro atoms. The van der Waals surface area contributed by atoms with Gasteiger partial charge in [-0.3, -0.25) is 14.3 Å². The van der Waals surface area contributed by atoms with Crippen LogP contribution < -0.4 is 10.1 Å². The second-order valence-electron chi connectivity index (χ2n) is 9.36. The van der Waals surface area contributed by atoms with Crippen molar-refractivity contribution in [1.29, 1.82) is 0 Å². The number of fused-ring (bicyclic) bond motifs is 1. The molecule has 3 fully saturated rings.